The number of phosphoric ester groups is 3. The van der Waals surface area contributed by atoms with Gasteiger partial charge >= 0.3 is 23.5 Å². The van der Waals surface area contributed by atoms with Gasteiger partial charge in [0.05, 0.1) is 38.8 Å². The maximum absolute atomic E-state index is 13.7. The third kappa shape index (κ3) is 9.23. The minimum atomic E-state index is -5.50. The van der Waals surface area contributed by atoms with Crippen molar-refractivity contribution in [3.8, 4) is 0 Å². The lowest BCUT2D eigenvalue weighted by Crippen LogP contribution is -2.38. The molecule has 3 aliphatic rings. The number of rotatable bonds is 16. The van der Waals surface area contributed by atoms with E-state index >= 15 is 0 Å². The number of nitrogens with zero attached hydrogens (tertiary/aromatic N) is 11. The van der Waals surface area contributed by atoms with E-state index in [9.17, 15) is 58.5 Å². The Hall–Kier alpha value is -5.10. The number of imidazole rings is 3. The first-order chi connectivity index (χ1) is 32.1. The summed E-state index contributed by atoms with van der Waals surface area (Å²) >= 11 is 0. The number of aromatic amines is 1. The van der Waals surface area contributed by atoms with Crippen molar-refractivity contribution >= 4 is 74.5 Å². The number of nitrogens with one attached hydrogen (secondary N) is 1. The fraction of sp³-hybridized carbons (Fsp3) is 0.500. The summed E-state index contributed by atoms with van der Waals surface area (Å²) in [7, 11) is -16.1. The molecule has 3 saturated heterocycles. The average Bonchev–Trinajstić information content (AvgIpc) is 4.13. The number of fused-ring (bicyclic) bond motifs is 3. The zero-order valence-corrected chi connectivity index (χ0v) is 36.6. The number of phosphoric acid groups is 3. The van der Waals surface area contributed by atoms with Crippen LogP contribution in [0.25, 0.3) is 33.5 Å². The van der Waals surface area contributed by atoms with Crippen molar-refractivity contribution in [3.05, 3.63) is 42.0 Å². The maximum atomic E-state index is 13.7. The van der Waals surface area contributed by atoms with Crippen molar-refractivity contribution in [2.24, 2.45) is 0 Å². The van der Waals surface area contributed by atoms with Gasteiger partial charge in [0, 0.05) is 0 Å². The second kappa shape index (κ2) is 18.0. The first-order valence-corrected chi connectivity index (χ1v) is 23.9. The van der Waals surface area contributed by atoms with Crippen LogP contribution in [0.4, 0.5) is 17.6 Å². The lowest BCUT2D eigenvalue weighted by molar-refractivity contribution is -0.0616. The number of nitrogens with two attached hydrogens (primary N) is 3. The van der Waals surface area contributed by atoms with E-state index in [2.05, 4.69) is 49.4 Å². The maximum Gasteiger partial charge on any atom is 0.472 e. The van der Waals surface area contributed by atoms with Crippen LogP contribution in [-0.4, -0.2) is 173 Å². The van der Waals surface area contributed by atoms with Crippen LogP contribution >= 0.6 is 23.5 Å². The molecule has 9 rings (SSSR count). The lowest BCUT2D eigenvalue weighted by atomic mass is 10.1. The van der Waals surface area contributed by atoms with Crippen LogP contribution in [0.2, 0.25) is 0 Å². The van der Waals surface area contributed by atoms with E-state index in [1.54, 1.807) is 0 Å². The van der Waals surface area contributed by atoms with Gasteiger partial charge in [-0.15, -0.1) is 0 Å². The fourth-order valence-corrected chi connectivity index (χ4v) is 9.91. The van der Waals surface area contributed by atoms with Gasteiger partial charge in [0.15, 0.2) is 52.8 Å². The molecular weight excluding hydrogens is 983 g/mol. The zero-order chi connectivity index (χ0) is 48.6. The number of ether oxygens (including phenoxy) is 3. The molecule has 3 fully saturated rings. The number of hydrogen-bond donors (Lipinski definition) is 12. The zero-order valence-electron chi connectivity index (χ0n) is 33.9. The summed E-state index contributed by atoms with van der Waals surface area (Å²) in [6.45, 7) is -3.10. The smallest absolute Gasteiger partial charge is 0.387 e. The molecule has 0 saturated carbocycles. The predicted molar refractivity (Wildman–Crippen MR) is 217 cm³/mol. The molecule has 0 amide bonds. The highest BCUT2D eigenvalue weighted by molar-refractivity contribution is 7.47. The van der Waals surface area contributed by atoms with E-state index in [4.69, 9.17) is 49.5 Å². The van der Waals surface area contributed by atoms with Crippen LogP contribution in [0.1, 0.15) is 18.7 Å². The van der Waals surface area contributed by atoms with Crippen LogP contribution in [0.5, 0.6) is 0 Å². The third-order valence-corrected chi connectivity index (χ3v) is 13.2. The molecule has 9 heterocycles. The summed E-state index contributed by atoms with van der Waals surface area (Å²) in [5, 5.41) is 44.6. The Labute approximate surface area is 375 Å². The summed E-state index contributed by atoms with van der Waals surface area (Å²) in [4.78, 5) is 87.2. The quantitative estimate of drug-likeness (QED) is 0.0409. The summed E-state index contributed by atoms with van der Waals surface area (Å²) < 4.78 is 85.1. The predicted octanol–water partition coefficient (Wildman–Crippen LogP) is -4.20. The molecule has 0 aromatic carbocycles. The van der Waals surface area contributed by atoms with Crippen molar-refractivity contribution in [1.29, 1.82) is 0 Å². The molecule has 368 valence electrons. The largest absolute Gasteiger partial charge is 0.472 e. The molecule has 38 heteroatoms. The molecule has 0 radical (unpaired) electrons. The molecule has 3 aliphatic heterocycles. The van der Waals surface area contributed by atoms with Gasteiger partial charge in [-0.2, -0.15) is 4.98 Å². The highest BCUT2D eigenvalue weighted by Crippen LogP contribution is 2.53. The Balaban J connectivity index is 0.927. The Morgan fingerprint density at radius 1 is 0.574 bits per heavy atom. The minimum absolute atomic E-state index is 0.0109. The number of hydrogen-bond acceptors (Lipinski definition) is 27. The molecule has 68 heavy (non-hydrogen) atoms. The normalized spacial score (nSPS) is 30.7. The van der Waals surface area contributed by atoms with E-state index in [0.29, 0.717) is 0 Å². The second-order valence-electron chi connectivity index (χ2n) is 15.1. The molecule has 35 nitrogen and oxygen atoms in total. The van der Waals surface area contributed by atoms with E-state index in [1.807, 2.05) is 0 Å². The Morgan fingerprint density at radius 2 is 1.00 bits per heavy atom. The van der Waals surface area contributed by atoms with Gasteiger partial charge in [-0.05, 0) is 0 Å². The van der Waals surface area contributed by atoms with Crippen LogP contribution in [-0.2, 0) is 50.5 Å². The van der Waals surface area contributed by atoms with E-state index in [1.165, 1.54) is 0 Å². The van der Waals surface area contributed by atoms with Crippen LogP contribution in [0.3, 0.4) is 0 Å². The van der Waals surface area contributed by atoms with Gasteiger partial charge in [-0.3, -0.25) is 46.1 Å². The van der Waals surface area contributed by atoms with Gasteiger partial charge < -0.3 is 71.4 Å². The molecule has 0 bridgehead atoms. The first kappa shape index (κ1) is 47.9. The van der Waals surface area contributed by atoms with Gasteiger partial charge in [0.1, 0.15) is 78.6 Å². The minimum Gasteiger partial charge on any atom is -0.387 e. The highest BCUT2D eigenvalue weighted by Gasteiger charge is 2.53. The molecule has 0 spiro atoms. The average molecular weight is 1020 g/mol. The fourth-order valence-electron chi connectivity index (χ4n) is 7.64. The van der Waals surface area contributed by atoms with Crippen LogP contribution in [0, 0.1) is 0 Å². The second-order valence-corrected chi connectivity index (χ2v) is 19.1. The highest BCUT2D eigenvalue weighted by atomic mass is 31.2. The van der Waals surface area contributed by atoms with Crippen molar-refractivity contribution in [2.75, 3.05) is 37.0 Å². The molecule has 2 unspecified atom stereocenters. The molecule has 15 N–H and O–H groups in total. The summed E-state index contributed by atoms with van der Waals surface area (Å²) in [5.41, 5.74) is 16.5. The Morgan fingerprint density at radius 3 is 1.50 bits per heavy atom. The number of nitrogen functional groups attached to an aromatic ring is 3. The topological polar surface area (TPSA) is 516 Å². The molecule has 6 aromatic rings. The number of anilines is 3. The summed E-state index contributed by atoms with van der Waals surface area (Å²) in [6, 6.07) is 0. The Bertz CT molecular complexity index is 3060. The summed E-state index contributed by atoms with van der Waals surface area (Å²) in [5.74, 6) is -0.440. The molecular formula is C30H38N15O20P3. The number of H-pyrrole nitrogens is 1. The first-order valence-electron chi connectivity index (χ1n) is 19.4. The lowest BCUT2D eigenvalue weighted by Gasteiger charge is -2.26. The molecule has 6 aromatic heterocycles. The van der Waals surface area contributed by atoms with Gasteiger partial charge in [-0.1, -0.05) is 0 Å². The summed E-state index contributed by atoms with van der Waals surface area (Å²) in [6.07, 6.45) is -15.7. The van der Waals surface area contributed by atoms with Crippen molar-refractivity contribution < 1.29 is 90.5 Å². The van der Waals surface area contributed by atoms with E-state index in [0.717, 1.165) is 45.3 Å². The van der Waals surface area contributed by atoms with Crippen LogP contribution in [0.15, 0.2) is 36.4 Å². The van der Waals surface area contributed by atoms with Crippen molar-refractivity contribution in [1.82, 2.24) is 58.6 Å². The number of aromatic nitrogens is 12. The van der Waals surface area contributed by atoms with Crippen LogP contribution < -0.4 is 22.8 Å². The van der Waals surface area contributed by atoms with Gasteiger partial charge in [0.2, 0.25) is 5.95 Å². The SMILES string of the molecule is Nc1nc2c(ncn2[C@@H]2O[C@H](COP(=O)(O)O[C@H]3[C@@H](O)[C@H](n4cnc5c(N)ncnc54)O[C@@H]3COP(=O)(O)O[C@H]3[C@@H](O)[C@H](n4cnc5c(N)ncnc54)O[C@@H]3COP(=O)(O)O)[C@@H](O)[C@H]2O)c(=O)[nH]1. The van der Waals surface area contributed by atoms with Crippen molar-refractivity contribution in [3.63, 3.8) is 0 Å². The monoisotopic (exact) mass is 1020 g/mol. The van der Waals surface area contributed by atoms with Crippen molar-refractivity contribution in [2.45, 2.75) is 73.6 Å². The number of aliphatic hydroxyl groups excluding tert-OH is 4. The number of aliphatic hydroxyl groups is 4. The Kier molecular flexibility index (Phi) is 12.7. The van der Waals surface area contributed by atoms with Gasteiger partial charge in [0.25, 0.3) is 5.56 Å². The van der Waals surface area contributed by atoms with E-state index < -0.39 is 122 Å². The standard InChI is InChI=1S/C30H38N15O20P3/c31-21-12-23(36-4-34-21)43(6-38-12)28-17(48)19(10(62-28)2-58-66(51,52)53)64-68(56,57)60-3-11-20(18(49)29(63-11)44-7-39-13-22(32)35-5-37-24(13)44)65-67(54,55)59-1-9-15(46)16(47)27(61-9)45-8-40-14-25(45)41-30(33)42-26(14)50/h4-11,15-20,27-29,46-49H,1-3H2,(H,54,55)(H,56,57)(H2,31,34,36)(H2,32,35,37)(H2,51,52,53)(H3,33,41,42,50)/t9-,10-,11-,15-,16-,17-,18-,19-,20-,27-,28-,29-/m1/s1. The molecule has 0 aliphatic carbocycles. The third-order valence-electron chi connectivity index (χ3n) is 10.7. The van der Waals surface area contributed by atoms with Gasteiger partial charge in [-0.25, -0.2) is 48.6 Å². The van der Waals surface area contributed by atoms with E-state index in [-0.39, 0.29) is 51.1 Å². The molecule has 14 atom stereocenters.